The van der Waals surface area contributed by atoms with Gasteiger partial charge in [0.05, 0.1) is 32.2 Å². The first kappa shape index (κ1) is 25.0. The SMILES string of the molecule is CN(C)S(=O)(=O)c1ccc2c(c1)CCN2S(=O)(=O)c1ccc2c(c1)sc(=O)n2Cc1ccc(Cl)cc1. The van der Waals surface area contributed by atoms with Gasteiger partial charge in [-0.25, -0.2) is 21.1 Å². The van der Waals surface area contributed by atoms with E-state index in [0.717, 1.165) is 21.2 Å². The van der Waals surface area contributed by atoms with Crippen LogP contribution in [-0.4, -0.2) is 46.3 Å². The highest BCUT2D eigenvalue weighted by atomic mass is 35.5. The summed E-state index contributed by atoms with van der Waals surface area (Å²) in [5, 5.41) is 0.607. The van der Waals surface area contributed by atoms with E-state index in [2.05, 4.69) is 0 Å². The maximum absolute atomic E-state index is 13.6. The lowest BCUT2D eigenvalue weighted by Gasteiger charge is -2.20. The first-order valence-corrected chi connectivity index (χ1v) is 15.0. The predicted molar refractivity (Wildman–Crippen MR) is 142 cm³/mol. The van der Waals surface area contributed by atoms with E-state index >= 15 is 0 Å². The predicted octanol–water partition coefficient (Wildman–Crippen LogP) is 3.77. The molecule has 0 saturated carbocycles. The standard InChI is InChI=1S/C24H22ClN3O5S3/c1-26(2)35(30,31)19-7-9-21-17(13-19)11-12-28(21)36(32,33)20-8-10-22-23(14-20)34-24(29)27(22)15-16-3-5-18(25)6-4-16/h3-10,13-14H,11-12,15H2,1-2H3. The molecule has 1 aromatic heterocycles. The lowest BCUT2D eigenvalue weighted by Crippen LogP contribution is -2.29. The van der Waals surface area contributed by atoms with Gasteiger partial charge in [-0.15, -0.1) is 0 Å². The zero-order chi connectivity index (χ0) is 25.8. The first-order valence-electron chi connectivity index (χ1n) is 10.9. The molecule has 36 heavy (non-hydrogen) atoms. The number of halogens is 1. The summed E-state index contributed by atoms with van der Waals surface area (Å²) < 4.78 is 56.7. The Morgan fingerprint density at radius 2 is 1.64 bits per heavy atom. The average Bonchev–Trinajstić information content (AvgIpc) is 3.40. The Morgan fingerprint density at radius 3 is 2.33 bits per heavy atom. The van der Waals surface area contributed by atoms with E-state index in [4.69, 9.17) is 11.6 Å². The fourth-order valence-corrected chi connectivity index (χ4v) is 7.84. The van der Waals surface area contributed by atoms with Crippen LogP contribution in [0.15, 0.2) is 75.2 Å². The van der Waals surface area contributed by atoms with E-state index in [9.17, 15) is 21.6 Å². The quantitative estimate of drug-likeness (QED) is 0.356. The molecule has 0 fully saturated rings. The number of thiazole rings is 1. The molecule has 0 radical (unpaired) electrons. The second kappa shape index (κ2) is 9.00. The normalized spacial score (nSPS) is 14.1. The van der Waals surface area contributed by atoms with Gasteiger partial charge in [0.15, 0.2) is 0 Å². The number of benzene rings is 3. The minimum absolute atomic E-state index is 0.0766. The monoisotopic (exact) mass is 563 g/mol. The molecule has 5 rings (SSSR count). The number of aromatic nitrogens is 1. The minimum atomic E-state index is -3.92. The van der Waals surface area contributed by atoms with Gasteiger partial charge in [-0.1, -0.05) is 35.1 Å². The molecule has 8 nitrogen and oxygen atoms in total. The molecule has 0 bridgehead atoms. The molecule has 0 spiro atoms. The molecule has 0 unspecified atom stereocenters. The third-order valence-electron chi connectivity index (χ3n) is 6.16. The molecule has 0 N–H and O–H groups in total. The molecule has 0 atom stereocenters. The van der Waals surface area contributed by atoms with Gasteiger partial charge in [0, 0.05) is 25.7 Å². The summed E-state index contributed by atoms with van der Waals surface area (Å²) in [6.07, 6.45) is 0.401. The van der Waals surface area contributed by atoms with Gasteiger partial charge in [0.2, 0.25) is 10.0 Å². The second-order valence-corrected chi connectivity index (χ2v) is 14.1. The number of rotatable bonds is 6. The van der Waals surface area contributed by atoms with Crippen molar-refractivity contribution < 1.29 is 16.8 Å². The Kier molecular flexibility index (Phi) is 6.24. The maximum atomic E-state index is 13.6. The summed E-state index contributed by atoms with van der Waals surface area (Å²) in [4.78, 5) is 12.7. The van der Waals surface area contributed by atoms with Gasteiger partial charge < -0.3 is 0 Å². The Morgan fingerprint density at radius 1 is 0.944 bits per heavy atom. The zero-order valence-corrected chi connectivity index (χ0v) is 22.6. The van der Waals surface area contributed by atoms with Crippen LogP contribution in [0.3, 0.4) is 0 Å². The number of sulfonamides is 2. The van der Waals surface area contributed by atoms with Crippen LogP contribution >= 0.6 is 22.9 Å². The van der Waals surface area contributed by atoms with Crippen LogP contribution in [0.1, 0.15) is 11.1 Å². The molecule has 3 aromatic carbocycles. The van der Waals surface area contributed by atoms with Gasteiger partial charge in [-0.05, 0) is 66.1 Å². The molecule has 0 saturated heterocycles. The van der Waals surface area contributed by atoms with Crippen molar-refractivity contribution in [1.82, 2.24) is 8.87 Å². The van der Waals surface area contributed by atoms with E-state index in [0.29, 0.717) is 39.5 Å². The number of anilines is 1. The van der Waals surface area contributed by atoms with Gasteiger partial charge >= 0.3 is 4.87 Å². The molecule has 1 aliphatic heterocycles. The Bertz CT molecular complexity index is 1760. The van der Waals surface area contributed by atoms with Gasteiger partial charge in [-0.2, -0.15) is 0 Å². The summed E-state index contributed by atoms with van der Waals surface area (Å²) >= 11 is 6.94. The first-order chi connectivity index (χ1) is 17.0. The van der Waals surface area contributed by atoms with Crippen molar-refractivity contribution in [3.8, 4) is 0 Å². The molecular formula is C24H22ClN3O5S3. The van der Waals surface area contributed by atoms with Crippen molar-refractivity contribution in [2.75, 3.05) is 24.9 Å². The summed E-state index contributed by atoms with van der Waals surface area (Å²) in [5.41, 5.74) is 2.67. The van der Waals surface area contributed by atoms with Crippen molar-refractivity contribution >= 4 is 58.9 Å². The number of hydrogen-bond acceptors (Lipinski definition) is 6. The highest BCUT2D eigenvalue weighted by molar-refractivity contribution is 7.93. The van der Waals surface area contributed by atoms with E-state index in [-0.39, 0.29) is 21.2 Å². The van der Waals surface area contributed by atoms with Crippen molar-refractivity contribution in [3.05, 3.63) is 86.5 Å². The topological polar surface area (TPSA) is 96.8 Å². The van der Waals surface area contributed by atoms with Crippen molar-refractivity contribution in [2.45, 2.75) is 22.8 Å². The summed E-state index contributed by atoms with van der Waals surface area (Å²) in [6.45, 7) is 0.550. The summed E-state index contributed by atoms with van der Waals surface area (Å²) in [5.74, 6) is 0. The Labute approximate surface area is 218 Å². The van der Waals surface area contributed by atoms with Crippen molar-refractivity contribution in [3.63, 3.8) is 0 Å². The molecular weight excluding hydrogens is 542 g/mol. The van der Waals surface area contributed by atoms with Gasteiger partial charge in [0.25, 0.3) is 10.0 Å². The van der Waals surface area contributed by atoms with Crippen molar-refractivity contribution in [2.24, 2.45) is 0 Å². The third kappa shape index (κ3) is 4.24. The van der Waals surface area contributed by atoms with Crippen LogP contribution in [0, 0.1) is 0 Å². The largest absolute Gasteiger partial charge is 0.308 e. The number of nitrogens with zero attached hydrogens (tertiary/aromatic N) is 3. The van der Waals surface area contributed by atoms with Gasteiger partial charge in [-0.3, -0.25) is 13.7 Å². The van der Waals surface area contributed by atoms with Gasteiger partial charge in [0.1, 0.15) is 0 Å². The van der Waals surface area contributed by atoms with E-state index in [1.807, 2.05) is 12.1 Å². The molecule has 188 valence electrons. The summed E-state index contributed by atoms with van der Waals surface area (Å²) in [6, 6.07) is 16.4. The van der Waals surface area contributed by atoms with E-state index < -0.39 is 20.0 Å². The lowest BCUT2D eigenvalue weighted by atomic mass is 10.2. The van der Waals surface area contributed by atoms with Crippen molar-refractivity contribution in [1.29, 1.82) is 0 Å². The van der Waals surface area contributed by atoms with Crippen LogP contribution in [0.4, 0.5) is 5.69 Å². The number of fused-ring (bicyclic) bond motifs is 2. The Balaban J connectivity index is 1.49. The fraction of sp³-hybridized carbons (Fsp3) is 0.208. The highest BCUT2D eigenvalue weighted by Crippen LogP contribution is 2.35. The highest BCUT2D eigenvalue weighted by Gasteiger charge is 2.32. The maximum Gasteiger partial charge on any atom is 0.308 e. The molecule has 2 heterocycles. The summed E-state index contributed by atoms with van der Waals surface area (Å²) in [7, 11) is -4.65. The lowest BCUT2D eigenvalue weighted by molar-refractivity contribution is 0.520. The number of hydrogen-bond donors (Lipinski definition) is 0. The van der Waals surface area contributed by atoms with Crippen LogP contribution in [0.25, 0.3) is 10.2 Å². The van der Waals surface area contributed by atoms with E-state index in [1.54, 1.807) is 22.8 Å². The molecule has 1 aliphatic rings. The molecule has 4 aromatic rings. The smallest absolute Gasteiger partial charge is 0.294 e. The van der Waals surface area contributed by atoms with Crippen LogP contribution in [-0.2, 0) is 33.0 Å². The molecule has 0 aliphatic carbocycles. The molecule has 0 amide bonds. The molecule has 12 heteroatoms. The average molecular weight is 564 g/mol. The Hall–Kier alpha value is -2.70. The minimum Gasteiger partial charge on any atom is -0.294 e. The fourth-order valence-electron chi connectivity index (χ4n) is 4.23. The van der Waals surface area contributed by atoms with Crippen LogP contribution in [0.5, 0.6) is 0 Å². The van der Waals surface area contributed by atoms with Crippen LogP contribution in [0.2, 0.25) is 5.02 Å². The van der Waals surface area contributed by atoms with Crippen LogP contribution < -0.4 is 9.18 Å². The van der Waals surface area contributed by atoms with E-state index in [1.165, 1.54) is 48.7 Å². The second-order valence-electron chi connectivity index (χ2n) is 8.62. The third-order valence-corrected chi connectivity index (χ3v) is 11.0. The zero-order valence-electron chi connectivity index (χ0n) is 19.4.